The Morgan fingerprint density at radius 1 is 1.29 bits per heavy atom. The van der Waals surface area contributed by atoms with Gasteiger partial charge in [-0.15, -0.1) is 0 Å². The molecule has 1 aliphatic heterocycles. The molecular formula is C13H13BrN2O. The summed E-state index contributed by atoms with van der Waals surface area (Å²) in [7, 11) is 0. The van der Waals surface area contributed by atoms with Crippen LogP contribution >= 0.6 is 15.9 Å². The lowest BCUT2D eigenvalue weighted by molar-refractivity contribution is 0.563. The van der Waals surface area contributed by atoms with E-state index in [1.807, 2.05) is 24.3 Å². The Bertz CT molecular complexity index is 500. The number of oxazole rings is 1. The SMILES string of the molecule is Brc1ccc(-c2nc(C3CCCN3)co2)cc1. The van der Waals surface area contributed by atoms with Crippen LogP contribution in [0.15, 0.2) is 39.4 Å². The first-order valence-corrected chi connectivity index (χ1v) is 6.57. The molecule has 1 aromatic heterocycles. The molecular weight excluding hydrogens is 280 g/mol. The van der Waals surface area contributed by atoms with Gasteiger partial charge in [0.1, 0.15) is 6.26 Å². The molecule has 1 fully saturated rings. The minimum Gasteiger partial charge on any atom is -0.444 e. The molecule has 0 radical (unpaired) electrons. The van der Waals surface area contributed by atoms with Crippen molar-refractivity contribution in [1.82, 2.24) is 10.3 Å². The van der Waals surface area contributed by atoms with Gasteiger partial charge >= 0.3 is 0 Å². The zero-order chi connectivity index (χ0) is 11.7. The second kappa shape index (κ2) is 4.63. The number of aromatic nitrogens is 1. The molecule has 0 saturated carbocycles. The fourth-order valence-corrected chi connectivity index (χ4v) is 2.37. The van der Waals surface area contributed by atoms with Gasteiger partial charge in [0, 0.05) is 10.0 Å². The molecule has 0 amide bonds. The van der Waals surface area contributed by atoms with Gasteiger partial charge in [0.15, 0.2) is 0 Å². The smallest absolute Gasteiger partial charge is 0.226 e. The molecule has 0 spiro atoms. The first kappa shape index (κ1) is 11.0. The van der Waals surface area contributed by atoms with Gasteiger partial charge in [0.2, 0.25) is 5.89 Å². The van der Waals surface area contributed by atoms with E-state index >= 15 is 0 Å². The van der Waals surface area contributed by atoms with Crippen LogP contribution in [0.2, 0.25) is 0 Å². The van der Waals surface area contributed by atoms with Crippen molar-refractivity contribution in [3.63, 3.8) is 0 Å². The summed E-state index contributed by atoms with van der Waals surface area (Å²) in [6.07, 6.45) is 4.12. The fourth-order valence-electron chi connectivity index (χ4n) is 2.11. The number of hydrogen-bond donors (Lipinski definition) is 1. The monoisotopic (exact) mass is 292 g/mol. The summed E-state index contributed by atoms with van der Waals surface area (Å²) < 4.78 is 6.60. The molecule has 1 saturated heterocycles. The lowest BCUT2D eigenvalue weighted by Crippen LogP contribution is -2.12. The summed E-state index contributed by atoms with van der Waals surface area (Å²) in [5.74, 6) is 0.696. The number of halogens is 1. The topological polar surface area (TPSA) is 38.1 Å². The maximum atomic E-state index is 5.54. The quantitative estimate of drug-likeness (QED) is 0.920. The van der Waals surface area contributed by atoms with E-state index in [1.54, 1.807) is 6.26 Å². The molecule has 1 aromatic carbocycles. The maximum absolute atomic E-state index is 5.54. The first-order chi connectivity index (χ1) is 8.33. The van der Waals surface area contributed by atoms with Gasteiger partial charge in [-0.2, -0.15) is 0 Å². The van der Waals surface area contributed by atoms with Crippen LogP contribution in [0.5, 0.6) is 0 Å². The molecule has 1 unspecified atom stereocenters. The second-order valence-electron chi connectivity index (χ2n) is 4.23. The van der Waals surface area contributed by atoms with E-state index in [-0.39, 0.29) is 0 Å². The van der Waals surface area contributed by atoms with Gasteiger partial charge in [-0.1, -0.05) is 15.9 Å². The van der Waals surface area contributed by atoms with Crippen LogP contribution in [0.3, 0.4) is 0 Å². The molecule has 2 aromatic rings. The van der Waals surface area contributed by atoms with E-state index in [9.17, 15) is 0 Å². The third-order valence-corrected chi connectivity index (χ3v) is 3.56. The van der Waals surface area contributed by atoms with Crippen LogP contribution in [0.4, 0.5) is 0 Å². The van der Waals surface area contributed by atoms with Gasteiger partial charge in [-0.05, 0) is 43.7 Å². The van der Waals surface area contributed by atoms with Gasteiger partial charge < -0.3 is 9.73 Å². The molecule has 1 aliphatic rings. The Labute approximate surface area is 108 Å². The van der Waals surface area contributed by atoms with Crippen molar-refractivity contribution >= 4 is 15.9 Å². The molecule has 0 aliphatic carbocycles. The predicted molar refractivity (Wildman–Crippen MR) is 69.6 cm³/mol. The second-order valence-corrected chi connectivity index (χ2v) is 5.15. The van der Waals surface area contributed by atoms with Crippen molar-refractivity contribution in [2.45, 2.75) is 18.9 Å². The van der Waals surface area contributed by atoms with Crippen molar-refractivity contribution in [2.24, 2.45) is 0 Å². The van der Waals surface area contributed by atoms with E-state index in [4.69, 9.17) is 4.42 Å². The number of nitrogens with zero attached hydrogens (tertiary/aromatic N) is 1. The van der Waals surface area contributed by atoms with Crippen LogP contribution in [0.25, 0.3) is 11.5 Å². The average Bonchev–Trinajstić information content (AvgIpc) is 3.00. The highest BCUT2D eigenvalue weighted by Gasteiger charge is 2.20. The summed E-state index contributed by atoms with van der Waals surface area (Å²) >= 11 is 3.42. The highest BCUT2D eigenvalue weighted by Crippen LogP contribution is 2.26. The molecule has 3 rings (SSSR count). The summed E-state index contributed by atoms with van der Waals surface area (Å²) in [6.45, 7) is 1.07. The van der Waals surface area contributed by atoms with Crippen molar-refractivity contribution in [3.8, 4) is 11.5 Å². The fraction of sp³-hybridized carbons (Fsp3) is 0.308. The largest absolute Gasteiger partial charge is 0.444 e. The Morgan fingerprint density at radius 3 is 2.82 bits per heavy atom. The van der Waals surface area contributed by atoms with E-state index in [0.29, 0.717) is 11.9 Å². The third kappa shape index (κ3) is 2.28. The van der Waals surface area contributed by atoms with E-state index in [0.717, 1.165) is 28.7 Å². The van der Waals surface area contributed by atoms with Crippen LogP contribution in [0.1, 0.15) is 24.6 Å². The van der Waals surface area contributed by atoms with Crippen molar-refractivity contribution in [3.05, 3.63) is 40.7 Å². The van der Waals surface area contributed by atoms with Gasteiger partial charge in [0.25, 0.3) is 0 Å². The third-order valence-electron chi connectivity index (χ3n) is 3.03. The zero-order valence-corrected chi connectivity index (χ0v) is 10.9. The number of hydrogen-bond acceptors (Lipinski definition) is 3. The van der Waals surface area contributed by atoms with Crippen molar-refractivity contribution in [2.75, 3.05) is 6.54 Å². The molecule has 0 bridgehead atoms. The predicted octanol–water partition coefficient (Wildman–Crippen LogP) is 3.53. The van der Waals surface area contributed by atoms with Gasteiger partial charge in [0.05, 0.1) is 11.7 Å². The summed E-state index contributed by atoms with van der Waals surface area (Å²) in [5.41, 5.74) is 2.03. The molecule has 17 heavy (non-hydrogen) atoms. The van der Waals surface area contributed by atoms with Gasteiger partial charge in [-0.25, -0.2) is 4.98 Å². The molecule has 3 nitrogen and oxygen atoms in total. The molecule has 1 N–H and O–H groups in total. The van der Waals surface area contributed by atoms with E-state index < -0.39 is 0 Å². The molecule has 4 heteroatoms. The van der Waals surface area contributed by atoms with Crippen LogP contribution in [0, 0.1) is 0 Å². The lowest BCUT2D eigenvalue weighted by Gasteiger charge is -2.03. The number of nitrogens with one attached hydrogen (secondary N) is 1. The Kier molecular flexibility index (Phi) is 2.99. The standard InChI is InChI=1S/C13H13BrN2O/c14-10-5-3-9(4-6-10)13-16-12(8-17-13)11-2-1-7-15-11/h3-6,8,11,15H,1-2,7H2. The zero-order valence-electron chi connectivity index (χ0n) is 9.32. The lowest BCUT2D eigenvalue weighted by atomic mass is 10.2. The summed E-state index contributed by atoms with van der Waals surface area (Å²) in [5, 5.41) is 3.42. The van der Waals surface area contributed by atoms with E-state index in [1.165, 1.54) is 6.42 Å². The molecule has 1 atom stereocenters. The number of rotatable bonds is 2. The highest BCUT2D eigenvalue weighted by atomic mass is 79.9. The first-order valence-electron chi connectivity index (χ1n) is 5.78. The van der Waals surface area contributed by atoms with Crippen LogP contribution in [-0.4, -0.2) is 11.5 Å². The molecule has 88 valence electrons. The van der Waals surface area contributed by atoms with Crippen LogP contribution in [-0.2, 0) is 0 Å². The average molecular weight is 293 g/mol. The minimum atomic E-state index is 0.364. The molecule has 2 heterocycles. The highest BCUT2D eigenvalue weighted by molar-refractivity contribution is 9.10. The number of benzene rings is 1. The van der Waals surface area contributed by atoms with Crippen LogP contribution < -0.4 is 5.32 Å². The normalized spacial score (nSPS) is 19.7. The van der Waals surface area contributed by atoms with Gasteiger partial charge in [-0.3, -0.25) is 0 Å². The Hall–Kier alpha value is -1.13. The van der Waals surface area contributed by atoms with Crippen molar-refractivity contribution in [1.29, 1.82) is 0 Å². The maximum Gasteiger partial charge on any atom is 0.226 e. The van der Waals surface area contributed by atoms with Crippen molar-refractivity contribution < 1.29 is 4.42 Å². The summed E-state index contributed by atoms with van der Waals surface area (Å²) in [4.78, 5) is 4.55. The Morgan fingerprint density at radius 2 is 2.12 bits per heavy atom. The summed E-state index contributed by atoms with van der Waals surface area (Å²) in [6, 6.07) is 8.35. The Balaban J connectivity index is 1.86. The minimum absolute atomic E-state index is 0.364. The van der Waals surface area contributed by atoms with E-state index in [2.05, 4.69) is 26.2 Å².